The summed E-state index contributed by atoms with van der Waals surface area (Å²) in [4.78, 5) is 12.0. The zero-order chi connectivity index (χ0) is 16.3. The molecule has 0 aliphatic heterocycles. The molecule has 2 nitrogen and oxygen atoms in total. The predicted octanol–water partition coefficient (Wildman–Crippen LogP) is 5.52. The minimum absolute atomic E-state index is 0.239. The summed E-state index contributed by atoms with van der Waals surface area (Å²) in [6.07, 6.45) is 10.8. The first-order valence-electron chi connectivity index (χ1n) is 9.19. The van der Waals surface area contributed by atoms with Gasteiger partial charge in [-0.3, -0.25) is 0 Å². The molecule has 2 aliphatic rings. The molecule has 0 amide bonds. The van der Waals surface area contributed by atoms with Crippen LogP contribution in [0.1, 0.15) is 79.1 Å². The number of rotatable bonds is 6. The van der Waals surface area contributed by atoms with Gasteiger partial charge in [0.1, 0.15) is 5.60 Å². The van der Waals surface area contributed by atoms with Gasteiger partial charge in [0.2, 0.25) is 0 Å². The Morgan fingerprint density at radius 1 is 1.23 bits per heavy atom. The first-order chi connectivity index (χ1) is 10.3. The summed E-state index contributed by atoms with van der Waals surface area (Å²) in [5, 5.41) is 0. The highest BCUT2D eigenvalue weighted by molar-refractivity contribution is 5.87. The topological polar surface area (TPSA) is 26.3 Å². The van der Waals surface area contributed by atoms with Gasteiger partial charge >= 0.3 is 5.97 Å². The number of ether oxygens (including phenoxy) is 1. The van der Waals surface area contributed by atoms with E-state index in [9.17, 15) is 4.79 Å². The quantitative estimate of drug-likeness (QED) is 0.477. The molecule has 126 valence electrons. The molecule has 0 aromatic carbocycles. The lowest BCUT2D eigenvalue weighted by atomic mass is 9.66. The van der Waals surface area contributed by atoms with E-state index in [1.54, 1.807) is 6.92 Å². The van der Waals surface area contributed by atoms with Crippen LogP contribution in [0.3, 0.4) is 0 Å². The molecule has 0 radical (unpaired) electrons. The van der Waals surface area contributed by atoms with E-state index in [-0.39, 0.29) is 11.6 Å². The van der Waals surface area contributed by atoms with Crippen LogP contribution < -0.4 is 0 Å². The molecule has 0 aromatic heterocycles. The molecule has 2 aliphatic carbocycles. The Morgan fingerprint density at radius 2 is 1.82 bits per heavy atom. The molecule has 2 bridgehead atoms. The summed E-state index contributed by atoms with van der Waals surface area (Å²) in [5.74, 6) is 2.88. The fourth-order valence-corrected chi connectivity index (χ4v) is 4.35. The van der Waals surface area contributed by atoms with E-state index in [1.807, 2.05) is 0 Å². The maximum absolute atomic E-state index is 12.0. The van der Waals surface area contributed by atoms with Crippen molar-refractivity contribution in [3.63, 3.8) is 0 Å². The van der Waals surface area contributed by atoms with E-state index in [4.69, 9.17) is 4.74 Å². The van der Waals surface area contributed by atoms with E-state index in [0.717, 1.165) is 24.2 Å². The molecule has 0 heterocycles. The number of fused-ring (bicyclic) bond motifs is 2. The third kappa shape index (κ3) is 4.36. The molecule has 2 fully saturated rings. The average Bonchev–Trinajstić information content (AvgIpc) is 2.44. The highest BCUT2D eigenvalue weighted by atomic mass is 16.6. The minimum Gasteiger partial charge on any atom is -0.456 e. The molecule has 2 saturated carbocycles. The molecular formula is C20H34O2. The number of carbonyl (C=O) groups excluding carboxylic acids is 1. The van der Waals surface area contributed by atoms with Crippen LogP contribution in [-0.2, 0) is 9.53 Å². The van der Waals surface area contributed by atoms with Gasteiger partial charge in [-0.2, -0.15) is 0 Å². The van der Waals surface area contributed by atoms with Crippen molar-refractivity contribution in [2.75, 3.05) is 0 Å². The molecule has 2 rings (SSSR count). The maximum atomic E-state index is 12.0. The number of esters is 1. The van der Waals surface area contributed by atoms with Gasteiger partial charge in [0.05, 0.1) is 0 Å². The van der Waals surface area contributed by atoms with Gasteiger partial charge in [0.25, 0.3) is 0 Å². The standard InChI is InChI=1S/C20H34O2/c1-14(2)19(21)22-20(5,15(3)4)10-9-18-12-16-7-6-8-17(11-16)13-18/h15-18H,1,6-13H2,2-5H3. The summed E-state index contributed by atoms with van der Waals surface area (Å²) in [6.45, 7) is 11.8. The lowest BCUT2D eigenvalue weighted by Gasteiger charge is -2.41. The van der Waals surface area contributed by atoms with Crippen LogP contribution in [0.15, 0.2) is 12.2 Å². The molecule has 0 saturated heterocycles. The Morgan fingerprint density at radius 3 is 2.32 bits per heavy atom. The first-order valence-corrected chi connectivity index (χ1v) is 9.19. The van der Waals surface area contributed by atoms with E-state index in [0.29, 0.717) is 11.5 Å². The Bertz CT molecular complexity index is 400. The lowest BCUT2D eigenvalue weighted by Crippen LogP contribution is -2.38. The molecule has 0 spiro atoms. The van der Waals surface area contributed by atoms with Gasteiger partial charge in [0, 0.05) is 5.57 Å². The van der Waals surface area contributed by atoms with Crippen LogP contribution in [0.2, 0.25) is 0 Å². The van der Waals surface area contributed by atoms with Crippen molar-refractivity contribution in [2.45, 2.75) is 84.7 Å². The van der Waals surface area contributed by atoms with Gasteiger partial charge < -0.3 is 4.74 Å². The van der Waals surface area contributed by atoms with Crippen LogP contribution in [0.4, 0.5) is 0 Å². The fraction of sp³-hybridized carbons (Fsp3) is 0.850. The monoisotopic (exact) mass is 306 g/mol. The van der Waals surface area contributed by atoms with Gasteiger partial charge in [-0.1, -0.05) is 39.7 Å². The summed E-state index contributed by atoms with van der Waals surface area (Å²) in [7, 11) is 0. The molecular weight excluding hydrogens is 272 g/mol. The van der Waals surface area contributed by atoms with Gasteiger partial charge in [0.15, 0.2) is 0 Å². The largest absolute Gasteiger partial charge is 0.456 e. The third-order valence-electron chi connectivity index (χ3n) is 6.17. The second-order valence-corrected chi connectivity index (χ2v) is 8.41. The lowest BCUT2D eigenvalue weighted by molar-refractivity contribution is -0.159. The van der Waals surface area contributed by atoms with Crippen LogP contribution in [0, 0.1) is 23.7 Å². The fourth-order valence-electron chi connectivity index (χ4n) is 4.35. The van der Waals surface area contributed by atoms with Gasteiger partial charge in [-0.05, 0) is 69.6 Å². The minimum atomic E-state index is -0.359. The van der Waals surface area contributed by atoms with Crippen molar-refractivity contribution in [1.82, 2.24) is 0 Å². The van der Waals surface area contributed by atoms with E-state index in [2.05, 4.69) is 27.4 Å². The molecule has 22 heavy (non-hydrogen) atoms. The van der Waals surface area contributed by atoms with Crippen molar-refractivity contribution in [1.29, 1.82) is 0 Å². The molecule has 0 N–H and O–H groups in total. The van der Waals surface area contributed by atoms with Gasteiger partial charge in [-0.25, -0.2) is 4.79 Å². The summed E-state index contributed by atoms with van der Waals surface area (Å²) in [6, 6.07) is 0. The average molecular weight is 306 g/mol. The predicted molar refractivity (Wildman–Crippen MR) is 91.6 cm³/mol. The Balaban J connectivity index is 1.91. The second kappa shape index (κ2) is 7.19. The number of carbonyl (C=O) groups is 1. The SMILES string of the molecule is C=C(C)C(=O)OC(C)(CCC1CC2CCCC(C2)C1)C(C)C. The maximum Gasteiger partial charge on any atom is 0.333 e. The van der Waals surface area contributed by atoms with Crippen molar-refractivity contribution in [3.05, 3.63) is 12.2 Å². The highest BCUT2D eigenvalue weighted by Gasteiger charge is 2.36. The molecule has 0 aromatic rings. The molecule has 2 heteroatoms. The normalized spacial score (nSPS) is 30.7. The van der Waals surface area contributed by atoms with Crippen LogP contribution in [-0.4, -0.2) is 11.6 Å². The summed E-state index contributed by atoms with van der Waals surface area (Å²) < 4.78 is 5.81. The summed E-state index contributed by atoms with van der Waals surface area (Å²) in [5.41, 5.74) is 0.141. The first kappa shape index (κ1) is 17.6. The van der Waals surface area contributed by atoms with E-state index >= 15 is 0 Å². The van der Waals surface area contributed by atoms with Crippen molar-refractivity contribution >= 4 is 5.97 Å². The van der Waals surface area contributed by atoms with Crippen molar-refractivity contribution < 1.29 is 9.53 Å². The van der Waals surface area contributed by atoms with E-state index < -0.39 is 0 Å². The smallest absolute Gasteiger partial charge is 0.333 e. The Labute approximate surface area is 136 Å². The van der Waals surface area contributed by atoms with E-state index in [1.165, 1.54) is 44.9 Å². The number of hydrogen-bond acceptors (Lipinski definition) is 2. The highest BCUT2D eigenvalue weighted by Crippen LogP contribution is 2.44. The Hall–Kier alpha value is -0.790. The number of hydrogen-bond donors (Lipinski definition) is 0. The van der Waals surface area contributed by atoms with Crippen LogP contribution in [0.25, 0.3) is 0 Å². The Kier molecular flexibility index (Phi) is 5.74. The second-order valence-electron chi connectivity index (χ2n) is 8.41. The zero-order valence-corrected chi connectivity index (χ0v) is 15.0. The molecule has 3 unspecified atom stereocenters. The summed E-state index contributed by atoms with van der Waals surface area (Å²) >= 11 is 0. The third-order valence-corrected chi connectivity index (χ3v) is 6.17. The van der Waals surface area contributed by atoms with Crippen LogP contribution in [0.5, 0.6) is 0 Å². The van der Waals surface area contributed by atoms with Gasteiger partial charge in [-0.15, -0.1) is 0 Å². The van der Waals surface area contributed by atoms with Crippen molar-refractivity contribution in [3.8, 4) is 0 Å². The zero-order valence-electron chi connectivity index (χ0n) is 15.0. The van der Waals surface area contributed by atoms with Crippen LogP contribution >= 0.6 is 0 Å². The molecule has 3 atom stereocenters. The van der Waals surface area contributed by atoms with Crippen molar-refractivity contribution in [2.24, 2.45) is 23.7 Å².